The van der Waals surface area contributed by atoms with E-state index < -0.39 is 6.10 Å². The van der Waals surface area contributed by atoms with Gasteiger partial charge in [-0.25, -0.2) is 0 Å². The van der Waals surface area contributed by atoms with Gasteiger partial charge in [0, 0.05) is 0 Å². The van der Waals surface area contributed by atoms with Crippen LogP contribution < -0.4 is 0 Å². The van der Waals surface area contributed by atoms with Gasteiger partial charge in [-0.1, -0.05) is 6.08 Å². The molecule has 0 aliphatic heterocycles. The number of aliphatic hydroxyl groups excluding tert-OH is 2. The highest BCUT2D eigenvalue weighted by molar-refractivity contribution is 5.04. The zero-order valence-corrected chi connectivity index (χ0v) is 5.26. The van der Waals surface area contributed by atoms with E-state index in [1.165, 1.54) is 0 Å². The Bertz CT molecular complexity index is 84.5. The van der Waals surface area contributed by atoms with Crippen molar-refractivity contribution in [1.29, 1.82) is 0 Å². The van der Waals surface area contributed by atoms with Gasteiger partial charge >= 0.3 is 0 Å². The smallest absolute Gasteiger partial charge is 0.0743 e. The van der Waals surface area contributed by atoms with Gasteiger partial charge in [0.25, 0.3) is 0 Å². The zero-order chi connectivity index (χ0) is 6.57. The molecule has 0 aliphatic carbocycles. The van der Waals surface area contributed by atoms with E-state index in [4.69, 9.17) is 10.2 Å². The second-order valence-electron chi connectivity index (χ2n) is 1.70. The summed E-state index contributed by atoms with van der Waals surface area (Å²) in [5, 5.41) is 17.3. The summed E-state index contributed by atoms with van der Waals surface area (Å²) in [5.74, 6) is 0. The number of hydrogen-bond acceptors (Lipinski definition) is 2. The first-order chi connectivity index (χ1) is 3.72. The van der Waals surface area contributed by atoms with Crippen LogP contribution in [0.4, 0.5) is 0 Å². The molecule has 0 saturated carbocycles. The van der Waals surface area contributed by atoms with Crippen molar-refractivity contribution in [2.45, 2.75) is 20.0 Å². The van der Waals surface area contributed by atoms with Crippen molar-refractivity contribution >= 4 is 0 Å². The minimum atomic E-state index is -0.509. The van der Waals surface area contributed by atoms with Gasteiger partial charge in [0.05, 0.1) is 12.7 Å². The predicted molar refractivity (Wildman–Crippen MR) is 32.5 cm³/mol. The lowest BCUT2D eigenvalue weighted by Crippen LogP contribution is -2.07. The quantitative estimate of drug-likeness (QED) is 0.509. The van der Waals surface area contributed by atoms with Crippen molar-refractivity contribution in [3.05, 3.63) is 11.6 Å². The fourth-order valence-electron chi connectivity index (χ4n) is 0.465. The second kappa shape index (κ2) is 3.64. The third-order valence-corrected chi connectivity index (χ3v) is 1.09. The molecular formula is C6H12O2. The monoisotopic (exact) mass is 116 g/mol. The van der Waals surface area contributed by atoms with E-state index in [2.05, 4.69) is 0 Å². The van der Waals surface area contributed by atoms with Crippen LogP contribution in [-0.4, -0.2) is 22.9 Å². The molecule has 2 N–H and O–H groups in total. The van der Waals surface area contributed by atoms with E-state index >= 15 is 0 Å². The van der Waals surface area contributed by atoms with Gasteiger partial charge in [0.15, 0.2) is 0 Å². The predicted octanol–water partition coefficient (Wildman–Crippen LogP) is 0.306. The molecule has 0 radical (unpaired) electrons. The third-order valence-electron chi connectivity index (χ3n) is 1.09. The van der Waals surface area contributed by atoms with Crippen LogP contribution in [0.2, 0.25) is 0 Å². The number of rotatable bonds is 2. The molecule has 1 atom stereocenters. The van der Waals surface area contributed by atoms with Crippen molar-refractivity contribution in [3.63, 3.8) is 0 Å². The molecule has 0 aromatic carbocycles. The van der Waals surface area contributed by atoms with Crippen LogP contribution in [0.1, 0.15) is 13.8 Å². The first-order valence-electron chi connectivity index (χ1n) is 2.66. The molecule has 0 saturated heterocycles. The normalized spacial score (nSPS) is 16.2. The Morgan fingerprint density at radius 2 is 2.25 bits per heavy atom. The van der Waals surface area contributed by atoms with Crippen LogP contribution in [0, 0.1) is 0 Å². The van der Waals surface area contributed by atoms with Crippen LogP contribution >= 0.6 is 0 Å². The Kier molecular flexibility index (Phi) is 3.48. The highest BCUT2D eigenvalue weighted by Gasteiger charge is 1.98. The van der Waals surface area contributed by atoms with E-state index in [1.807, 2.05) is 0 Å². The lowest BCUT2D eigenvalue weighted by molar-refractivity contribution is 0.204. The summed E-state index contributed by atoms with van der Waals surface area (Å²) >= 11 is 0. The Morgan fingerprint density at radius 1 is 1.75 bits per heavy atom. The fraction of sp³-hybridized carbons (Fsp3) is 0.667. The molecular weight excluding hydrogens is 104 g/mol. The Balaban J connectivity index is 3.72. The van der Waals surface area contributed by atoms with Gasteiger partial charge in [0.1, 0.15) is 0 Å². The highest BCUT2D eigenvalue weighted by Crippen LogP contribution is 1.97. The summed E-state index contributed by atoms with van der Waals surface area (Å²) in [4.78, 5) is 0. The van der Waals surface area contributed by atoms with Gasteiger partial charge in [0.2, 0.25) is 0 Å². The summed E-state index contributed by atoms with van der Waals surface area (Å²) < 4.78 is 0. The van der Waals surface area contributed by atoms with E-state index in [1.54, 1.807) is 19.9 Å². The van der Waals surface area contributed by atoms with E-state index in [0.717, 1.165) is 0 Å². The lowest BCUT2D eigenvalue weighted by atomic mass is 10.2. The van der Waals surface area contributed by atoms with Gasteiger partial charge < -0.3 is 10.2 Å². The molecule has 2 nitrogen and oxygen atoms in total. The average molecular weight is 116 g/mol. The second-order valence-corrected chi connectivity index (χ2v) is 1.70. The van der Waals surface area contributed by atoms with Crippen LogP contribution in [0.3, 0.4) is 0 Å². The van der Waals surface area contributed by atoms with Crippen molar-refractivity contribution < 1.29 is 10.2 Å². The largest absolute Gasteiger partial charge is 0.392 e. The molecule has 0 rings (SSSR count). The van der Waals surface area contributed by atoms with E-state index in [0.29, 0.717) is 5.57 Å². The number of hydrogen-bond donors (Lipinski definition) is 2. The Labute approximate surface area is 49.5 Å². The van der Waals surface area contributed by atoms with Crippen LogP contribution in [0.5, 0.6) is 0 Å². The first-order valence-corrected chi connectivity index (χ1v) is 2.66. The van der Waals surface area contributed by atoms with Crippen LogP contribution in [0.15, 0.2) is 11.6 Å². The maximum atomic E-state index is 8.78. The Hall–Kier alpha value is -0.340. The number of aliphatic hydroxyl groups is 2. The van der Waals surface area contributed by atoms with Crippen LogP contribution in [-0.2, 0) is 0 Å². The van der Waals surface area contributed by atoms with Crippen molar-refractivity contribution in [3.8, 4) is 0 Å². The van der Waals surface area contributed by atoms with Crippen molar-refractivity contribution in [2.24, 2.45) is 0 Å². The van der Waals surface area contributed by atoms with Gasteiger partial charge in [-0.15, -0.1) is 0 Å². The summed E-state index contributed by atoms with van der Waals surface area (Å²) in [7, 11) is 0. The molecule has 2 heteroatoms. The van der Waals surface area contributed by atoms with Gasteiger partial charge in [-0.2, -0.15) is 0 Å². The van der Waals surface area contributed by atoms with Gasteiger partial charge in [-0.3, -0.25) is 0 Å². The Morgan fingerprint density at radius 3 is 2.25 bits per heavy atom. The molecule has 0 spiro atoms. The maximum absolute atomic E-state index is 8.78. The minimum absolute atomic E-state index is 0.0475. The average Bonchev–Trinajstić information content (AvgIpc) is 1.69. The van der Waals surface area contributed by atoms with Crippen LogP contribution in [0.25, 0.3) is 0 Å². The number of allylic oxidation sites excluding steroid dienone is 1. The third kappa shape index (κ3) is 2.09. The van der Waals surface area contributed by atoms with Crippen molar-refractivity contribution in [2.75, 3.05) is 6.61 Å². The molecule has 0 heterocycles. The first kappa shape index (κ1) is 7.66. The summed E-state index contributed by atoms with van der Waals surface area (Å²) in [6, 6.07) is 0. The molecule has 8 heavy (non-hydrogen) atoms. The van der Waals surface area contributed by atoms with E-state index in [9.17, 15) is 0 Å². The fourth-order valence-corrected chi connectivity index (χ4v) is 0.465. The molecule has 0 aromatic heterocycles. The lowest BCUT2D eigenvalue weighted by Gasteiger charge is -2.03. The molecule has 0 unspecified atom stereocenters. The molecule has 0 bridgehead atoms. The summed E-state index contributed by atoms with van der Waals surface area (Å²) in [5.41, 5.74) is 0.671. The SMILES string of the molecule is C/C=C(/CO)[C@H](C)O. The summed E-state index contributed by atoms with van der Waals surface area (Å²) in [6.45, 7) is 3.37. The topological polar surface area (TPSA) is 40.5 Å². The minimum Gasteiger partial charge on any atom is -0.392 e. The molecule has 0 aromatic rings. The highest BCUT2D eigenvalue weighted by atomic mass is 16.3. The molecule has 48 valence electrons. The van der Waals surface area contributed by atoms with E-state index in [-0.39, 0.29) is 6.61 Å². The molecule has 0 aliphatic rings. The maximum Gasteiger partial charge on any atom is 0.0743 e. The molecule has 0 amide bonds. The molecule has 0 fully saturated rings. The van der Waals surface area contributed by atoms with Crippen molar-refractivity contribution in [1.82, 2.24) is 0 Å². The zero-order valence-electron chi connectivity index (χ0n) is 5.26. The standard InChI is InChI=1S/C6H12O2/c1-3-6(4-7)5(2)8/h3,5,7-8H,4H2,1-2H3/b6-3-/t5-/m0/s1. The van der Waals surface area contributed by atoms with Gasteiger partial charge in [-0.05, 0) is 19.4 Å². The summed E-state index contributed by atoms with van der Waals surface area (Å²) in [6.07, 6.45) is 1.20.